The molecule has 128 valence electrons. The minimum atomic E-state index is -3.59. The van der Waals surface area contributed by atoms with Crippen LogP contribution >= 0.6 is 0 Å². The number of likely N-dealkylation sites (N-methyl/N-ethyl adjacent to an activating group) is 1. The number of sulfonamides is 1. The first-order chi connectivity index (χ1) is 10.8. The van der Waals surface area contributed by atoms with E-state index < -0.39 is 15.4 Å². The Morgan fingerprint density at radius 2 is 2.00 bits per heavy atom. The summed E-state index contributed by atoms with van der Waals surface area (Å²) in [6, 6.07) is 4.88. The summed E-state index contributed by atoms with van der Waals surface area (Å²) in [4.78, 5) is 14.3. The van der Waals surface area contributed by atoms with Crippen molar-refractivity contribution in [3.05, 3.63) is 23.8 Å². The van der Waals surface area contributed by atoms with Crippen molar-refractivity contribution in [3.8, 4) is 0 Å². The standard InChI is InChI=1S/C16H24N2O4S/c1-5-18-14-8-7-12(11-13(14)16(2,3)15(18)19)23(20,21)17-9-6-10-22-4/h7-8,11,17H,5-6,9-10H2,1-4H3. The number of ether oxygens (including phenoxy) is 1. The highest BCUT2D eigenvalue weighted by molar-refractivity contribution is 7.89. The Labute approximate surface area is 137 Å². The van der Waals surface area contributed by atoms with Gasteiger partial charge in [0.2, 0.25) is 15.9 Å². The van der Waals surface area contributed by atoms with Crippen LogP contribution in [0, 0.1) is 0 Å². The molecule has 23 heavy (non-hydrogen) atoms. The molecule has 0 fully saturated rings. The molecule has 1 N–H and O–H groups in total. The lowest BCUT2D eigenvalue weighted by Gasteiger charge is -2.18. The van der Waals surface area contributed by atoms with Crippen LogP contribution < -0.4 is 9.62 Å². The molecule has 0 aromatic heterocycles. The van der Waals surface area contributed by atoms with Gasteiger partial charge in [0.1, 0.15) is 0 Å². The van der Waals surface area contributed by atoms with Crippen molar-refractivity contribution < 1.29 is 17.9 Å². The van der Waals surface area contributed by atoms with Gasteiger partial charge in [-0.2, -0.15) is 0 Å². The fourth-order valence-corrected chi connectivity index (χ4v) is 3.90. The lowest BCUT2D eigenvalue weighted by atomic mass is 9.86. The number of anilines is 1. The zero-order valence-electron chi connectivity index (χ0n) is 14.0. The summed E-state index contributed by atoms with van der Waals surface area (Å²) in [5, 5.41) is 0. The highest BCUT2D eigenvalue weighted by Gasteiger charge is 2.43. The summed E-state index contributed by atoms with van der Waals surface area (Å²) in [5.74, 6) is -0.00222. The monoisotopic (exact) mass is 340 g/mol. The SMILES string of the molecule is CCN1C(=O)C(C)(C)c2cc(S(=O)(=O)NCCCOC)ccc21. The maximum absolute atomic E-state index is 12.5. The Bertz CT molecular complexity index is 698. The third kappa shape index (κ3) is 3.27. The van der Waals surface area contributed by atoms with Gasteiger partial charge in [0.15, 0.2) is 0 Å². The van der Waals surface area contributed by atoms with Gasteiger partial charge in [-0.05, 0) is 51.0 Å². The molecule has 0 radical (unpaired) electrons. The number of amides is 1. The Balaban J connectivity index is 2.31. The summed E-state index contributed by atoms with van der Waals surface area (Å²) in [6.07, 6.45) is 0.605. The summed E-state index contributed by atoms with van der Waals surface area (Å²) in [7, 11) is -2.01. The number of rotatable bonds is 7. The lowest BCUT2D eigenvalue weighted by Crippen LogP contribution is -2.35. The Hall–Kier alpha value is -1.44. The predicted octanol–water partition coefficient (Wildman–Crippen LogP) is 1.65. The quantitative estimate of drug-likeness (QED) is 0.766. The van der Waals surface area contributed by atoms with Crippen LogP contribution in [-0.4, -0.2) is 41.1 Å². The van der Waals surface area contributed by atoms with Crippen LogP contribution in [-0.2, 0) is 25.0 Å². The van der Waals surface area contributed by atoms with Gasteiger partial charge >= 0.3 is 0 Å². The van der Waals surface area contributed by atoms with Crippen LogP contribution in [0.4, 0.5) is 5.69 Å². The zero-order chi connectivity index (χ0) is 17.3. The summed E-state index contributed by atoms with van der Waals surface area (Å²) in [6.45, 7) is 6.94. The van der Waals surface area contributed by atoms with Crippen LogP contribution in [0.15, 0.2) is 23.1 Å². The number of hydrogen-bond donors (Lipinski definition) is 1. The average molecular weight is 340 g/mol. The second-order valence-electron chi connectivity index (χ2n) is 6.10. The summed E-state index contributed by atoms with van der Waals surface area (Å²) >= 11 is 0. The van der Waals surface area contributed by atoms with E-state index >= 15 is 0 Å². The number of nitrogens with one attached hydrogen (secondary N) is 1. The number of fused-ring (bicyclic) bond motifs is 1. The van der Waals surface area contributed by atoms with E-state index in [0.29, 0.717) is 26.1 Å². The highest BCUT2D eigenvalue weighted by atomic mass is 32.2. The molecule has 7 heteroatoms. The van der Waals surface area contributed by atoms with E-state index in [1.807, 2.05) is 20.8 Å². The molecule has 0 bridgehead atoms. The minimum Gasteiger partial charge on any atom is -0.385 e. The largest absolute Gasteiger partial charge is 0.385 e. The second kappa shape index (κ2) is 6.59. The normalized spacial score (nSPS) is 16.7. The van der Waals surface area contributed by atoms with Crippen molar-refractivity contribution in [3.63, 3.8) is 0 Å². The molecule has 0 saturated carbocycles. The van der Waals surface area contributed by atoms with Gasteiger partial charge in [-0.3, -0.25) is 4.79 Å². The molecule has 0 aliphatic carbocycles. The molecule has 2 rings (SSSR count). The van der Waals surface area contributed by atoms with Crippen molar-refractivity contribution >= 4 is 21.6 Å². The second-order valence-corrected chi connectivity index (χ2v) is 7.86. The topological polar surface area (TPSA) is 75.7 Å². The molecule has 0 unspecified atom stereocenters. The van der Waals surface area contributed by atoms with E-state index in [4.69, 9.17) is 4.74 Å². The molecule has 6 nitrogen and oxygen atoms in total. The van der Waals surface area contributed by atoms with Crippen molar-refractivity contribution in [2.45, 2.75) is 37.5 Å². The van der Waals surface area contributed by atoms with Gasteiger partial charge in [-0.15, -0.1) is 0 Å². The number of methoxy groups -OCH3 is 1. The molecule has 0 atom stereocenters. The lowest BCUT2D eigenvalue weighted by molar-refractivity contribution is -0.122. The molecule has 1 aromatic carbocycles. The maximum atomic E-state index is 12.5. The maximum Gasteiger partial charge on any atom is 0.240 e. The first kappa shape index (κ1) is 17.9. The van der Waals surface area contributed by atoms with E-state index in [9.17, 15) is 13.2 Å². The minimum absolute atomic E-state index is 0.00222. The van der Waals surface area contributed by atoms with Crippen LogP contribution in [0.3, 0.4) is 0 Å². The summed E-state index contributed by atoms with van der Waals surface area (Å²) in [5.41, 5.74) is 0.831. The molecule has 1 amide bonds. The van der Waals surface area contributed by atoms with Gasteiger partial charge in [-0.1, -0.05) is 0 Å². The van der Waals surface area contributed by atoms with E-state index in [2.05, 4.69) is 4.72 Å². The van der Waals surface area contributed by atoms with E-state index in [1.54, 1.807) is 30.2 Å². The predicted molar refractivity (Wildman–Crippen MR) is 89.2 cm³/mol. The average Bonchev–Trinajstić information content (AvgIpc) is 2.70. The third-order valence-electron chi connectivity index (χ3n) is 4.16. The van der Waals surface area contributed by atoms with Crippen LogP contribution in [0.2, 0.25) is 0 Å². The van der Waals surface area contributed by atoms with Crippen molar-refractivity contribution in [1.82, 2.24) is 4.72 Å². The Kier molecular flexibility index (Phi) is 5.13. The molecular formula is C16H24N2O4S. The molecule has 1 aliphatic rings. The molecule has 0 spiro atoms. The number of benzene rings is 1. The highest BCUT2D eigenvalue weighted by Crippen LogP contribution is 2.42. The number of nitrogens with zero attached hydrogens (tertiary/aromatic N) is 1. The summed E-state index contributed by atoms with van der Waals surface area (Å²) < 4.78 is 32.2. The van der Waals surface area contributed by atoms with Crippen molar-refractivity contribution in [2.75, 3.05) is 31.7 Å². The van der Waals surface area contributed by atoms with Crippen LogP contribution in [0.25, 0.3) is 0 Å². The molecule has 1 aromatic rings. The number of carbonyl (C=O) groups excluding carboxylic acids is 1. The Morgan fingerprint density at radius 1 is 1.30 bits per heavy atom. The molecule has 0 saturated heterocycles. The van der Waals surface area contributed by atoms with Crippen molar-refractivity contribution in [1.29, 1.82) is 0 Å². The van der Waals surface area contributed by atoms with Gasteiger partial charge < -0.3 is 9.64 Å². The number of carbonyl (C=O) groups is 1. The van der Waals surface area contributed by atoms with Gasteiger partial charge in [-0.25, -0.2) is 13.1 Å². The first-order valence-corrected chi connectivity index (χ1v) is 9.19. The third-order valence-corrected chi connectivity index (χ3v) is 5.61. The van der Waals surface area contributed by atoms with E-state index in [1.165, 1.54) is 0 Å². The van der Waals surface area contributed by atoms with Gasteiger partial charge in [0.05, 0.1) is 10.3 Å². The van der Waals surface area contributed by atoms with Gasteiger partial charge in [0, 0.05) is 32.5 Å². The van der Waals surface area contributed by atoms with Gasteiger partial charge in [0.25, 0.3) is 0 Å². The Morgan fingerprint density at radius 3 is 2.61 bits per heavy atom. The van der Waals surface area contributed by atoms with E-state index in [-0.39, 0.29) is 10.8 Å². The molecule has 1 aliphatic heterocycles. The van der Waals surface area contributed by atoms with E-state index in [0.717, 1.165) is 11.3 Å². The molecular weight excluding hydrogens is 316 g/mol. The first-order valence-electron chi connectivity index (χ1n) is 7.70. The zero-order valence-corrected chi connectivity index (χ0v) is 14.9. The van der Waals surface area contributed by atoms with Crippen LogP contribution in [0.1, 0.15) is 32.8 Å². The van der Waals surface area contributed by atoms with Crippen LogP contribution in [0.5, 0.6) is 0 Å². The fourth-order valence-electron chi connectivity index (χ4n) is 2.80. The fraction of sp³-hybridized carbons (Fsp3) is 0.562. The van der Waals surface area contributed by atoms with Crippen molar-refractivity contribution in [2.24, 2.45) is 0 Å². The smallest absolute Gasteiger partial charge is 0.240 e. The molecule has 1 heterocycles. The number of hydrogen-bond acceptors (Lipinski definition) is 4.